The number of pyridine rings is 1. The van der Waals surface area contributed by atoms with Crippen LogP contribution in [0.5, 0.6) is 0 Å². The van der Waals surface area contributed by atoms with Crippen molar-refractivity contribution in [1.82, 2.24) is 9.88 Å². The number of carbonyl (C=O) groups excluding carboxylic acids is 2. The normalized spacial score (nSPS) is 19.1. The highest BCUT2D eigenvalue weighted by Crippen LogP contribution is 2.50. The van der Waals surface area contributed by atoms with Gasteiger partial charge in [-0.15, -0.1) is 0 Å². The first kappa shape index (κ1) is 17.4. The van der Waals surface area contributed by atoms with Crippen molar-refractivity contribution >= 4 is 34.7 Å². The van der Waals surface area contributed by atoms with Crippen molar-refractivity contribution in [2.24, 2.45) is 0 Å². The SMILES string of the molecule is O=C(/C=C/c1cnc2c(c1)C1(CCC1)C(=O)N2)N1CCc2c(oc3ccccc23)C1. The maximum Gasteiger partial charge on any atom is 0.246 e. The second-order valence-corrected chi connectivity index (χ2v) is 8.40. The molecule has 2 amide bonds. The average molecular weight is 399 g/mol. The Bertz CT molecular complexity index is 1240. The lowest BCUT2D eigenvalue weighted by Gasteiger charge is -2.35. The molecule has 150 valence electrons. The monoisotopic (exact) mass is 399 g/mol. The molecule has 0 bridgehead atoms. The largest absolute Gasteiger partial charge is 0.459 e. The number of furan rings is 1. The molecule has 0 atom stereocenters. The number of para-hydroxylation sites is 1. The molecule has 1 spiro atoms. The van der Waals surface area contributed by atoms with Gasteiger partial charge in [-0.1, -0.05) is 24.6 Å². The van der Waals surface area contributed by atoms with Crippen molar-refractivity contribution in [2.75, 3.05) is 11.9 Å². The Hall–Kier alpha value is -3.41. The van der Waals surface area contributed by atoms with Crippen molar-refractivity contribution in [3.05, 3.63) is 65.1 Å². The second kappa shape index (κ2) is 6.29. The van der Waals surface area contributed by atoms with E-state index in [-0.39, 0.29) is 11.8 Å². The van der Waals surface area contributed by atoms with Crippen LogP contribution in [0.2, 0.25) is 0 Å². The Morgan fingerprint density at radius 1 is 1.27 bits per heavy atom. The van der Waals surface area contributed by atoms with Crippen LogP contribution in [-0.4, -0.2) is 28.2 Å². The minimum Gasteiger partial charge on any atom is -0.459 e. The number of aromatic nitrogens is 1. The van der Waals surface area contributed by atoms with Crippen molar-refractivity contribution in [2.45, 2.75) is 37.6 Å². The third-order valence-corrected chi connectivity index (χ3v) is 6.78. The van der Waals surface area contributed by atoms with Gasteiger partial charge in [0.05, 0.1) is 12.0 Å². The Kier molecular flexibility index (Phi) is 3.66. The predicted octanol–water partition coefficient (Wildman–Crippen LogP) is 3.80. The number of carbonyl (C=O) groups is 2. The first-order valence-electron chi connectivity index (χ1n) is 10.4. The van der Waals surface area contributed by atoms with Crippen molar-refractivity contribution < 1.29 is 14.0 Å². The van der Waals surface area contributed by atoms with E-state index in [0.717, 1.165) is 53.5 Å². The summed E-state index contributed by atoms with van der Waals surface area (Å²) in [5.41, 5.74) is 3.50. The fourth-order valence-corrected chi connectivity index (χ4v) is 4.92. The predicted molar refractivity (Wildman–Crippen MR) is 113 cm³/mol. The second-order valence-electron chi connectivity index (χ2n) is 8.40. The van der Waals surface area contributed by atoms with Crippen LogP contribution in [0.3, 0.4) is 0 Å². The van der Waals surface area contributed by atoms with Gasteiger partial charge in [-0.05, 0) is 43.0 Å². The van der Waals surface area contributed by atoms with Crippen molar-refractivity contribution in [3.8, 4) is 0 Å². The molecule has 1 saturated carbocycles. The summed E-state index contributed by atoms with van der Waals surface area (Å²) in [6, 6.07) is 10.0. The van der Waals surface area contributed by atoms with Gasteiger partial charge >= 0.3 is 0 Å². The van der Waals surface area contributed by atoms with Crippen LogP contribution in [0, 0.1) is 0 Å². The number of anilines is 1. The standard InChI is InChI=1S/C24H21N3O3/c28-21(27-11-8-17-16-4-1-2-5-19(16)30-20(17)14-27)7-6-15-12-18-22(25-13-15)26-23(29)24(18)9-3-10-24/h1-2,4-7,12-13H,3,8-11,14H2,(H,25,26,29)/b7-6+. The zero-order valence-corrected chi connectivity index (χ0v) is 16.5. The minimum absolute atomic E-state index is 0.0471. The lowest BCUT2D eigenvalue weighted by molar-refractivity contribution is -0.127. The molecule has 0 unspecified atom stereocenters. The maximum atomic E-state index is 12.8. The summed E-state index contributed by atoms with van der Waals surface area (Å²) < 4.78 is 5.97. The van der Waals surface area contributed by atoms with Gasteiger partial charge in [-0.3, -0.25) is 9.59 Å². The molecule has 6 nitrogen and oxygen atoms in total. The molecular formula is C24H21N3O3. The molecule has 30 heavy (non-hydrogen) atoms. The molecule has 1 fully saturated rings. The summed E-state index contributed by atoms with van der Waals surface area (Å²) in [7, 11) is 0. The first-order chi connectivity index (χ1) is 14.6. The van der Waals surface area contributed by atoms with E-state index in [1.165, 1.54) is 5.56 Å². The van der Waals surface area contributed by atoms with Crippen molar-refractivity contribution in [3.63, 3.8) is 0 Å². The number of rotatable bonds is 2. The number of nitrogens with one attached hydrogen (secondary N) is 1. The Labute approximate surface area is 173 Å². The van der Waals surface area contributed by atoms with E-state index >= 15 is 0 Å². The summed E-state index contributed by atoms with van der Waals surface area (Å²) in [5, 5.41) is 4.04. The van der Waals surface area contributed by atoms with Gasteiger partial charge in [0.2, 0.25) is 11.8 Å². The summed E-state index contributed by atoms with van der Waals surface area (Å²) in [6.07, 6.45) is 8.68. The number of fused-ring (bicyclic) bond motifs is 5. The number of benzene rings is 1. The van der Waals surface area contributed by atoms with Crippen LogP contribution < -0.4 is 5.32 Å². The van der Waals surface area contributed by atoms with Gasteiger partial charge in [0.1, 0.15) is 17.2 Å². The molecule has 6 heteroatoms. The highest BCUT2D eigenvalue weighted by molar-refractivity contribution is 6.06. The van der Waals surface area contributed by atoms with Gasteiger partial charge in [0.25, 0.3) is 0 Å². The lowest BCUT2D eigenvalue weighted by atomic mass is 9.65. The molecular weight excluding hydrogens is 378 g/mol. The van der Waals surface area contributed by atoms with E-state index in [0.29, 0.717) is 18.9 Å². The highest BCUT2D eigenvalue weighted by atomic mass is 16.3. The van der Waals surface area contributed by atoms with E-state index in [2.05, 4.69) is 16.4 Å². The minimum atomic E-state index is -0.402. The highest BCUT2D eigenvalue weighted by Gasteiger charge is 2.51. The number of amides is 2. The summed E-state index contributed by atoms with van der Waals surface area (Å²) in [4.78, 5) is 31.3. The number of nitrogens with zero attached hydrogens (tertiary/aromatic N) is 2. The van der Waals surface area contributed by atoms with Crippen LogP contribution in [0.1, 0.15) is 41.7 Å². The van der Waals surface area contributed by atoms with Crippen LogP contribution in [0.4, 0.5) is 5.82 Å². The molecule has 2 aromatic heterocycles. The molecule has 1 N–H and O–H groups in total. The topological polar surface area (TPSA) is 75.4 Å². The Morgan fingerprint density at radius 2 is 2.13 bits per heavy atom. The molecule has 2 aliphatic heterocycles. The molecule has 3 aliphatic rings. The van der Waals surface area contributed by atoms with E-state index in [1.807, 2.05) is 24.3 Å². The third-order valence-electron chi connectivity index (χ3n) is 6.78. The molecule has 6 rings (SSSR count). The molecule has 0 radical (unpaired) electrons. The first-order valence-corrected chi connectivity index (χ1v) is 10.4. The fourth-order valence-electron chi connectivity index (χ4n) is 4.92. The van der Waals surface area contributed by atoms with E-state index in [1.54, 1.807) is 23.2 Å². The van der Waals surface area contributed by atoms with Gasteiger partial charge in [0.15, 0.2) is 0 Å². The van der Waals surface area contributed by atoms with E-state index < -0.39 is 5.41 Å². The van der Waals surface area contributed by atoms with Crippen LogP contribution >= 0.6 is 0 Å². The Balaban J connectivity index is 1.21. The number of hydrogen-bond acceptors (Lipinski definition) is 4. The van der Waals surface area contributed by atoms with Crippen LogP contribution in [-0.2, 0) is 28.0 Å². The quantitative estimate of drug-likeness (QED) is 0.665. The van der Waals surface area contributed by atoms with Crippen LogP contribution in [0.15, 0.2) is 47.0 Å². The lowest BCUT2D eigenvalue weighted by Crippen LogP contribution is -2.40. The zero-order chi connectivity index (χ0) is 20.3. The van der Waals surface area contributed by atoms with E-state index in [9.17, 15) is 9.59 Å². The third kappa shape index (κ3) is 2.46. The summed E-state index contributed by atoms with van der Waals surface area (Å²) in [6.45, 7) is 1.15. The van der Waals surface area contributed by atoms with Gasteiger partial charge in [-0.25, -0.2) is 4.98 Å². The average Bonchev–Trinajstić information content (AvgIpc) is 3.25. The summed E-state index contributed by atoms with van der Waals surface area (Å²) >= 11 is 0. The molecule has 1 aliphatic carbocycles. The molecule has 1 aromatic carbocycles. The molecule has 0 saturated heterocycles. The smallest absolute Gasteiger partial charge is 0.246 e. The van der Waals surface area contributed by atoms with Gasteiger partial charge < -0.3 is 14.6 Å². The van der Waals surface area contributed by atoms with Crippen LogP contribution in [0.25, 0.3) is 17.0 Å². The Morgan fingerprint density at radius 3 is 2.97 bits per heavy atom. The summed E-state index contributed by atoms with van der Waals surface area (Å²) in [5.74, 6) is 1.55. The van der Waals surface area contributed by atoms with E-state index in [4.69, 9.17) is 4.42 Å². The fraction of sp³-hybridized carbons (Fsp3) is 0.292. The van der Waals surface area contributed by atoms with Gasteiger partial charge in [-0.2, -0.15) is 0 Å². The van der Waals surface area contributed by atoms with Gasteiger partial charge in [0, 0.05) is 35.3 Å². The van der Waals surface area contributed by atoms with Crippen molar-refractivity contribution in [1.29, 1.82) is 0 Å². The zero-order valence-electron chi connectivity index (χ0n) is 16.5. The molecule has 4 heterocycles. The maximum absolute atomic E-state index is 12.8. The molecule has 3 aromatic rings. The number of hydrogen-bond donors (Lipinski definition) is 1.